The van der Waals surface area contributed by atoms with Crippen molar-refractivity contribution in [2.75, 3.05) is 13.1 Å². The highest BCUT2D eigenvalue weighted by atomic mass is 32.1. The minimum Gasteiger partial charge on any atom is -0.463 e. The first-order chi connectivity index (χ1) is 9.63. The predicted octanol–water partition coefficient (Wildman–Crippen LogP) is 2.66. The Morgan fingerprint density at radius 1 is 1.35 bits per heavy atom. The maximum absolute atomic E-state index is 12.3. The molecule has 1 aromatic carbocycles. The summed E-state index contributed by atoms with van der Waals surface area (Å²) in [6, 6.07) is 5.83. The van der Waals surface area contributed by atoms with Crippen molar-refractivity contribution in [3.05, 3.63) is 46.5 Å². The van der Waals surface area contributed by atoms with Crippen molar-refractivity contribution in [2.24, 2.45) is 0 Å². The Balaban J connectivity index is 1.59. The Kier molecular flexibility index (Phi) is 3.44. The number of benzene rings is 1. The molecule has 0 saturated carbocycles. The molecule has 1 fully saturated rings. The van der Waals surface area contributed by atoms with E-state index in [1.165, 1.54) is 16.9 Å². The van der Waals surface area contributed by atoms with Gasteiger partial charge in [0, 0.05) is 17.1 Å². The zero-order valence-electron chi connectivity index (χ0n) is 11.5. The molecular formula is C15H16N2O2S. The number of aryl methyl sites for hydroxylation is 2. The van der Waals surface area contributed by atoms with Gasteiger partial charge in [-0.2, -0.15) is 0 Å². The van der Waals surface area contributed by atoms with Crippen LogP contribution in [0.3, 0.4) is 0 Å². The number of hydrogen-bond acceptors (Lipinski definition) is 4. The minimum absolute atomic E-state index is 0.0663. The monoisotopic (exact) mass is 288 g/mol. The molecule has 0 aliphatic carbocycles. The molecule has 0 radical (unpaired) electrons. The quantitative estimate of drug-likeness (QED) is 0.872. The summed E-state index contributed by atoms with van der Waals surface area (Å²) in [6.45, 7) is 5.33. The fourth-order valence-electron chi connectivity index (χ4n) is 2.15. The van der Waals surface area contributed by atoms with Crippen LogP contribution in [0.25, 0.3) is 0 Å². The molecule has 1 aromatic heterocycles. The molecule has 0 unspecified atom stereocenters. The average Bonchev–Trinajstić information content (AvgIpc) is 2.89. The smallest absolute Gasteiger partial charge is 0.273 e. The second kappa shape index (κ2) is 5.25. The fraction of sp³-hybridized carbons (Fsp3) is 0.333. The third-order valence-electron chi connectivity index (χ3n) is 3.57. The van der Waals surface area contributed by atoms with Gasteiger partial charge in [-0.05, 0) is 37.1 Å². The number of aromatic nitrogens is 1. The molecule has 4 nitrogen and oxygen atoms in total. The van der Waals surface area contributed by atoms with E-state index in [4.69, 9.17) is 4.74 Å². The van der Waals surface area contributed by atoms with Crippen molar-refractivity contribution in [3.63, 3.8) is 0 Å². The van der Waals surface area contributed by atoms with E-state index < -0.39 is 0 Å². The fourth-order valence-corrected chi connectivity index (χ4v) is 2.70. The van der Waals surface area contributed by atoms with E-state index in [2.05, 4.69) is 4.98 Å². The van der Waals surface area contributed by atoms with Gasteiger partial charge >= 0.3 is 0 Å². The average molecular weight is 288 g/mol. The van der Waals surface area contributed by atoms with Crippen LogP contribution in [0.2, 0.25) is 0 Å². The van der Waals surface area contributed by atoms with Gasteiger partial charge in [0.25, 0.3) is 11.1 Å². The number of amides is 1. The first-order valence-corrected chi connectivity index (χ1v) is 7.44. The van der Waals surface area contributed by atoms with Gasteiger partial charge in [-0.1, -0.05) is 17.4 Å². The van der Waals surface area contributed by atoms with Gasteiger partial charge in [0.05, 0.1) is 13.1 Å². The summed E-state index contributed by atoms with van der Waals surface area (Å²) in [5.41, 5.74) is 3.10. The number of rotatable bonds is 3. The molecule has 0 bridgehead atoms. The predicted molar refractivity (Wildman–Crippen MR) is 78.3 cm³/mol. The Labute approximate surface area is 122 Å². The summed E-state index contributed by atoms with van der Waals surface area (Å²) >= 11 is 1.47. The number of carbonyl (C=O) groups is 1. The molecule has 0 N–H and O–H groups in total. The molecular weight excluding hydrogens is 272 g/mol. The normalized spacial score (nSPS) is 15.0. The number of nitrogens with zero attached hydrogens (tertiary/aromatic N) is 2. The van der Waals surface area contributed by atoms with Crippen LogP contribution in [0.4, 0.5) is 0 Å². The van der Waals surface area contributed by atoms with Crippen LogP contribution in [0, 0.1) is 13.8 Å². The van der Waals surface area contributed by atoms with Crippen LogP contribution in [-0.4, -0.2) is 35.0 Å². The van der Waals surface area contributed by atoms with E-state index in [0.717, 1.165) is 11.1 Å². The maximum Gasteiger partial charge on any atom is 0.273 e. The molecule has 104 valence electrons. The van der Waals surface area contributed by atoms with Crippen LogP contribution in [0.15, 0.2) is 29.8 Å². The minimum atomic E-state index is 0.0663. The van der Waals surface area contributed by atoms with Crippen molar-refractivity contribution < 1.29 is 9.53 Å². The van der Waals surface area contributed by atoms with E-state index >= 15 is 0 Å². The van der Waals surface area contributed by atoms with Crippen molar-refractivity contribution in [2.45, 2.75) is 20.0 Å². The summed E-state index contributed by atoms with van der Waals surface area (Å²) in [6.07, 6.45) is 1.79. The number of likely N-dealkylation sites (tertiary alicyclic amines) is 1. The van der Waals surface area contributed by atoms with E-state index in [1.807, 2.05) is 42.3 Å². The third kappa shape index (κ3) is 2.54. The zero-order valence-corrected chi connectivity index (χ0v) is 12.3. The van der Waals surface area contributed by atoms with E-state index in [-0.39, 0.29) is 12.0 Å². The van der Waals surface area contributed by atoms with Gasteiger partial charge in [-0.3, -0.25) is 4.79 Å². The highest BCUT2D eigenvalue weighted by Gasteiger charge is 2.33. The lowest BCUT2D eigenvalue weighted by molar-refractivity contribution is 0.0177. The second-order valence-corrected chi connectivity index (χ2v) is 5.90. The van der Waals surface area contributed by atoms with Crippen molar-refractivity contribution >= 4 is 17.2 Å². The highest BCUT2D eigenvalue weighted by Crippen LogP contribution is 2.22. The van der Waals surface area contributed by atoms with Gasteiger partial charge in [-0.15, -0.1) is 0 Å². The SMILES string of the molecule is Cc1ccc(C(=O)N2CC(Oc3nccs3)C2)cc1C. The lowest BCUT2D eigenvalue weighted by atomic mass is 10.0. The van der Waals surface area contributed by atoms with Crippen LogP contribution in [0.5, 0.6) is 5.19 Å². The summed E-state index contributed by atoms with van der Waals surface area (Å²) in [4.78, 5) is 18.2. The van der Waals surface area contributed by atoms with Gasteiger partial charge in [0.1, 0.15) is 6.10 Å². The largest absolute Gasteiger partial charge is 0.463 e. The third-order valence-corrected chi connectivity index (χ3v) is 4.23. The van der Waals surface area contributed by atoms with E-state index in [0.29, 0.717) is 18.3 Å². The molecule has 2 heterocycles. The summed E-state index contributed by atoms with van der Waals surface area (Å²) in [5, 5.41) is 2.56. The van der Waals surface area contributed by atoms with Crippen LogP contribution >= 0.6 is 11.3 Å². The lowest BCUT2D eigenvalue weighted by Crippen LogP contribution is -2.56. The number of hydrogen-bond donors (Lipinski definition) is 0. The molecule has 0 atom stereocenters. The number of thiazole rings is 1. The number of ether oxygens (including phenoxy) is 1. The highest BCUT2D eigenvalue weighted by molar-refractivity contribution is 7.11. The Morgan fingerprint density at radius 3 is 2.80 bits per heavy atom. The van der Waals surface area contributed by atoms with Gasteiger partial charge in [-0.25, -0.2) is 4.98 Å². The second-order valence-electron chi connectivity index (χ2n) is 5.05. The molecule has 1 aliphatic heterocycles. The molecule has 20 heavy (non-hydrogen) atoms. The first-order valence-electron chi connectivity index (χ1n) is 6.56. The van der Waals surface area contributed by atoms with Crippen molar-refractivity contribution in [1.29, 1.82) is 0 Å². The van der Waals surface area contributed by atoms with Gasteiger partial charge < -0.3 is 9.64 Å². The van der Waals surface area contributed by atoms with Crippen LogP contribution in [0.1, 0.15) is 21.5 Å². The zero-order chi connectivity index (χ0) is 14.1. The Bertz CT molecular complexity index is 619. The molecule has 1 aliphatic rings. The molecule has 1 saturated heterocycles. The van der Waals surface area contributed by atoms with Crippen molar-refractivity contribution in [1.82, 2.24) is 9.88 Å². The molecule has 5 heteroatoms. The molecule has 1 amide bonds. The summed E-state index contributed by atoms with van der Waals surface area (Å²) in [7, 11) is 0. The Morgan fingerprint density at radius 2 is 2.15 bits per heavy atom. The van der Waals surface area contributed by atoms with Gasteiger partial charge in [0.15, 0.2) is 0 Å². The summed E-state index contributed by atoms with van der Waals surface area (Å²) < 4.78 is 5.66. The first kappa shape index (κ1) is 13.1. The standard InChI is InChI=1S/C15H16N2O2S/c1-10-3-4-12(7-11(10)2)14(18)17-8-13(9-17)19-15-16-5-6-20-15/h3-7,13H,8-9H2,1-2H3. The summed E-state index contributed by atoms with van der Waals surface area (Å²) in [5.74, 6) is 0.0760. The lowest BCUT2D eigenvalue weighted by Gasteiger charge is -2.38. The Hall–Kier alpha value is -1.88. The van der Waals surface area contributed by atoms with E-state index in [9.17, 15) is 4.79 Å². The molecule has 0 spiro atoms. The van der Waals surface area contributed by atoms with Crippen LogP contribution in [-0.2, 0) is 0 Å². The number of carbonyl (C=O) groups excluding carboxylic acids is 1. The van der Waals surface area contributed by atoms with Crippen LogP contribution < -0.4 is 4.74 Å². The van der Waals surface area contributed by atoms with E-state index in [1.54, 1.807) is 6.20 Å². The molecule has 3 rings (SSSR count). The van der Waals surface area contributed by atoms with Gasteiger partial charge in [0.2, 0.25) is 0 Å². The molecule has 2 aromatic rings. The van der Waals surface area contributed by atoms with Crippen molar-refractivity contribution in [3.8, 4) is 5.19 Å². The topological polar surface area (TPSA) is 42.4 Å². The maximum atomic E-state index is 12.3.